The Labute approximate surface area is 151 Å². The topological polar surface area (TPSA) is 55.0 Å². The Morgan fingerprint density at radius 3 is 2.46 bits per heavy atom. The minimum absolute atomic E-state index is 0.0796. The van der Waals surface area contributed by atoms with Gasteiger partial charge >= 0.3 is 0 Å². The van der Waals surface area contributed by atoms with Crippen molar-refractivity contribution in [1.82, 2.24) is 9.97 Å². The molecular weight excluding hydrogens is 324 g/mol. The molecule has 0 spiro atoms. The molecule has 2 aromatic heterocycles. The molecule has 0 aliphatic carbocycles. The number of nitrogens with zero attached hydrogens (tertiary/aromatic N) is 1. The zero-order valence-electron chi connectivity index (χ0n) is 14.4. The molecule has 0 aliphatic rings. The molecule has 4 rings (SSSR count). The van der Waals surface area contributed by atoms with E-state index < -0.39 is 0 Å². The van der Waals surface area contributed by atoms with E-state index in [1.807, 2.05) is 49.4 Å². The fraction of sp³-hybridized carbons (Fsp3) is 0.0909. The van der Waals surface area contributed by atoms with E-state index in [2.05, 4.69) is 22.1 Å². The van der Waals surface area contributed by atoms with Crippen molar-refractivity contribution in [3.63, 3.8) is 0 Å². The fourth-order valence-corrected chi connectivity index (χ4v) is 3.00. The zero-order valence-corrected chi connectivity index (χ0v) is 14.4. The predicted octanol–water partition coefficient (Wildman–Crippen LogP) is 4.48. The van der Waals surface area contributed by atoms with Gasteiger partial charge in [-0.25, -0.2) is 0 Å². The van der Waals surface area contributed by atoms with E-state index in [-0.39, 0.29) is 5.56 Å². The van der Waals surface area contributed by atoms with Gasteiger partial charge in [-0.1, -0.05) is 12.1 Å². The van der Waals surface area contributed by atoms with Gasteiger partial charge in [-0.2, -0.15) is 0 Å². The predicted molar refractivity (Wildman–Crippen MR) is 103 cm³/mol. The molecule has 0 saturated heterocycles. The van der Waals surface area contributed by atoms with Gasteiger partial charge in [-0.05, 0) is 77.0 Å². The molecule has 0 fully saturated rings. The third-order valence-electron chi connectivity index (χ3n) is 4.37. The Balaban J connectivity index is 1.57. The van der Waals surface area contributed by atoms with Crippen LogP contribution in [-0.2, 0) is 6.61 Å². The van der Waals surface area contributed by atoms with Crippen molar-refractivity contribution >= 4 is 10.9 Å². The molecule has 0 amide bonds. The van der Waals surface area contributed by atoms with Crippen LogP contribution in [0.15, 0.2) is 77.9 Å². The number of H-pyrrole nitrogens is 1. The molecule has 0 radical (unpaired) electrons. The fourth-order valence-electron chi connectivity index (χ4n) is 3.00. The van der Waals surface area contributed by atoms with Crippen molar-refractivity contribution in [2.45, 2.75) is 13.5 Å². The van der Waals surface area contributed by atoms with Crippen LogP contribution in [0.4, 0.5) is 0 Å². The highest BCUT2D eigenvalue weighted by Crippen LogP contribution is 2.27. The lowest BCUT2D eigenvalue weighted by atomic mass is 10.00. The summed E-state index contributed by atoms with van der Waals surface area (Å²) in [6, 6.07) is 19.5. The summed E-state index contributed by atoms with van der Waals surface area (Å²) < 4.78 is 5.82. The summed E-state index contributed by atoms with van der Waals surface area (Å²) in [5.41, 5.74) is 5.17. The Morgan fingerprint density at radius 2 is 1.69 bits per heavy atom. The molecule has 0 aliphatic heterocycles. The Bertz CT molecular complexity index is 1100. The average Bonchev–Trinajstić information content (AvgIpc) is 2.68. The number of aromatic amines is 1. The maximum atomic E-state index is 11.5. The number of benzene rings is 2. The maximum Gasteiger partial charge on any atom is 0.248 e. The second-order valence-corrected chi connectivity index (χ2v) is 6.25. The van der Waals surface area contributed by atoms with E-state index in [1.54, 1.807) is 18.5 Å². The summed E-state index contributed by atoms with van der Waals surface area (Å²) in [6.45, 7) is 2.53. The van der Waals surface area contributed by atoms with Gasteiger partial charge in [0.05, 0.1) is 5.52 Å². The molecule has 4 heteroatoms. The Kier molecular flexibility index (Phi) is 4.23. The van der Waals surface area contributed by atoms with Crippen LogP contribution in [0.5, 0.6) is 5.75 Å². The third kappa shape index (κ3) is 3.35. The van der Waals surface area contributed by atoms with Crippen LogP contribution < -0.4 is 10.3 Å². The van der Waals surface area contributed by atoms with Crippen LogP contribution in [0.25, 0.3) is 22.0 Å². The van der Waals surface area contributed by atoms with Crippen LogP contribution in [-0.4, -0.2) is 9.97 Å². The first-order valence-corrected chi connectivity index (χ1v) is 8.45. The zero-order chi connectivity index (χ0) is 17.9. The first-order chi connectivity index (χ1) is 12.7. The largest absolute Gasteiger partial charge is 0.489 e. The number of hydrogen-bond acceptors (Lipinski definition) is 3. The quantitative estimate of drug-likeness (QED) is 0.595. The van der Waals surface area contributed by atoms with Crippen LogP contribution >= 0.6 is 0 Å². The summed E-state index contributed by atoms with van der Waals surface area (Å²) in [4.78, 5) is 18.4. The number of rotatable bonds is 4. The van der Waals surface area contributed by atoms with Crippen LogP contribution in [0, 0.1) is 6.92 Å². The molecule has 26 heavy (non-hydrogen) atoms. The second-order valence-electron chi connectivity index (χ2n) is 6.25. The van der Waals surface area contributed by atoms with E-state index in [9.17, 15) is 4.79 Å². The number of ether oxygens (including phenoxy) is 1. The minimum atomic E-state index is -0.0796. The van der Waals surface area contributed by atoms with Gasteiger partial charge < -0.3 is 9.72 Å². The molecule has 0 unspecified atom stereocenters. The second kappa shape index (κ2) is 6.84. The van der Waals surface area contributed by atoms with Crippen molar-refractivity contribution in [3.8, 4) is 16.9 Å². The van der Waals surface area contributed by atoms with E-state index in [0.29, 0.717) is 6.61 Å². The lowest BCUT2D eigenvalue weighted by molar-refractivity contribution is 0.306. The lowest BCUT2D eigenvalue weighted by Gasteiger charge is -2.09. The highest BCUT2D eigenvalue weighted by molar-refractivity contribution is 5.87. The monoisotopic (exact) mass is 342 g/mol. The Morgan fingerprint density at radius 1 is 0.923 bits per heavy atom. The van der Waals surface area contributed by atoms with Crippen LogP contribution in [0.2, 0.25) is 0 Å². The SMILES string of the molecule is Cc1cc(-c2ccc(OCc3ccncc3)cc2)cc2ccc(=O)[nH]c12. The standard InChI is InChI=1S/C22H18N2O2/c1-15-12-19(13-18-4-7-21(25)24-22(15)18)17-2-5-20(6-3-17)26-14-16-8-10-23-11-9-16/h2-13H,14H2,1H3,(H,24,25). The van der Waals surface area contributed by atoms with Crippen LogP contribution in [0.1, 0.15) is 11.1 Å². The van der Waals surface area contributed by atoms with E-state index in [0.717, 1.165) is 38.9 Å². The summed E-state index contributed by atoms with van der Waals surface area (Å²) in [7, 11) is 0. The number of hydrogen-bond donors (Lipinski definition) is 1. The molecule has 0 atom stereocenters. The Hall–Kier alpha value is -3.40. The molecule has 4 aromatic rings. The summed E-state index contributed by atoms with van der Waals surface area (Å²) in [5, 5.41) is 1.03. The van der Waals surface area contributed by atoms with Crippen molar-refractivity contribution in [2.24, 2.45) is 0 Å². The van der Waals surface area contributed by atoms with Crippen molar-refractivity contribution in [1.29, 1.82) is 0 Å². The molecule has 128 valence electrons. The van der Waals surface area contributed by atoms with Gasteiger partial charge in [0.1, 0.15) is 12.4 Å². The number of nitrogens with one attached hydrogen (secondary N) is 1. The minimum Gasteiger partial charge on any atom is -0.489 e. The molecular formula is C22H18N2O2. The maximum absolute atomic E-state index is 11.5. The molecule has 2 heterocycles. The van der Waals surface area contributed by atoms with E-state index in [1.165, 1.54) is 0 Å². The first-order valence-electron chi connectivity index (χ1n) is 8.45. The number of aryl methyl sites for hydroxylation is 1. The molecule has 0 saturated carbocycles. The highest BCUT2D eigenvalue weighted by Gasteiger charge is 2.05. The average molecular weight is 342 g/mol. The van der Waals surface area contributed by atoms with Gasteiger partial charge in [-0.15, -0.1) is 0 Å². The summed E-state index contributed by atoms with van der Waals surface area (Å²) >= 11 is 0. The molecule has 4 nitrogen and oxygen atoms in total. The highest BCUT2D eigenvalue weighted by atomic mass is 16.5. The number of fused-ring (bicyclic) bond motifs is 1. The smallest absolute Gasteiger partial charge is 0.248 e. The first kappa shape index (κ1) is 16.1. The van der Waals surface area contributed by atoms with E-state index in [4.69, 9.17) is 4.74 Å². The van der Waals surface area contributed by atoms with Gasteiger partial charge in [-0.3, -0.25) is 9.78 Å². The normalized spacial score (nSPS) is 10.8. The van der Waals surface area contributed by atoms with Crippen LogP contribution in [0.3, 0.4) is 0 Å². The number of pyridine rings is 2. The lowest BCUT2D eigenvalue weighted by Crippen LogP contribution is -2.03. The van der Waals surface area contributed by atoms with Crippen molar-refractivity contribution in [3.05, 3.63) is 94.5 Å². The van der Waals surface area contributed by atoms with Crippen molar-refractivity contribution < 1.29 is 4.74 Å². The van der Waals surface area contributed by atoms with E-state index >= 15 is 0 Å². The molecule has 0 bridgehead atoms. The summed E-state index contributed by atoms with van der Waals surface area (Å²) in [5.74, 6) is 0.826. The number of aromatic nitrogens is 2. The summed E-state index contributed by atoms with van der Waals surface area (Å²) in [6.07, 6.45) is 3.52. The van der Waals surface area contributed by atoms with Gasteiger partial charge in [0, 0.05) is 18.5 Å². The van der Waals surface area contributed by atoms with Crippen molar-refractivity contribution in [2.75, 3.05) is 0 Å². The molecule has 1 N–H and O–H groups in total. The third-order valence-corrected chi connectivity index (χ3v) is 4.37. The van der Waals surface area contributed by atoms with Gasteiger partial charge in [0.25, 0.3) is 0 Å². The van der Waals surface area contributed by atoms with Gasteiger partial charge in [0.15, 0.2) is 0 Å². The van der Waals surface area contributed by atoms with Gasteiger partial charge in [0.2, 0.25) is 5.56 Å². The molecule has 2 aromatic carbocycles.